The first-order chi connectivity index (χ1) is 9.03. The molecule has 0 aromatic carbocycles. The van der Waals surface area contributed by atoms with Crippen molar-refractivity contribution in [3.05, 3.63) is 17.6 Å². The van der Waals surface area contributed by atoms with Crippen molar-refractivity contribution in [2.45, 2.75) is 31.3 Å². The highest BCUT2D eigenvalue weighted by molar-refractivity contribution is 7.99. The molecule has 0 atom stereocenters. The molecule has 2 heterocycles. The number of sulfonamides is 1. The quantitative estimate of drug-likeness (QED) is 0.862. The molecule has 1 fully saturated rings. The van der Waals surface area contributed by atoms with Crippen molar-refractivity contribution in [1.82, 2.24) is 4.72 Å². The van der Waals surface area contributed by atoms with Crippen LogP contribution in [0.25, 0.3) is 0 Å². The van der Waals surface area contributed by atoms with Gasteiger partial charge in [-0.1, -0.05) is 0 Å². The Hall–Kier alpha value is -0.500. The summed E-state index contributed by atoms with van der Waals surface area (Å²) >= 11 is 1.92. The van der Waals surface area contributed by atoms with Crippen LogP contribution in [0, 0.1) is 12.8 Å². The number of hydrogen-bond donors (Lipinski definition) is 2. The highest BCUT2D eigenvalue weighted by Crippen LogP contribution is 2.24. The second-order valence-electron chi connectivity index (χ2n) is 4.70. The normalized spacial score (nSPS) is 17.8. The van der Waals surface area contributed by atoms with Crippen LogP contribution in [-0.2, 0) is 16.6 Å². The number of nitrogens with one attached hydrogen (secondary N) is 1. The predicted octanol–water partition coefficient (Wildman–Crippen LogP) is 1.50. The van der Waals surface area contributed by atoms with Gasteiger partial charge >= 0.3 is 0 Å². The summed E-state index contributed by atoms with van der Waals surface area (Å²) < 4.78 is 32.1. The molecule has 1 saturated heterocycles. The SMILES string of the molecule is Cc1oc(CO)cc1S(=O)(=O)NCC1CCSCC1. The molecule has 1 aromatic rings. The van der Waals surface area contributed by atoms with Crippen molar-refractivity contribution in [3.8, 4) is 0 Å². The van der Waals surface area contributed by atoms with Gasteiger partial charge in [-0.3, -0.25) is 0 Å². The fourth-order valence-corrected chi connectivity index (χ4v) is 4.65. The van der Waals surface area contributed by atoms with Gasteiger partial charge in [-0.25, -0.2) is 13.1 Å². The zero-order valence-corrected chi connectivity index (χ0v) is 12.5. The summed E-state index contributed by atoms with van der Waals surface area (Å²) in [4.78, 5) is 0.127. The van der Waals surface area contributed by atoms with Crippen LogP contribution >= 0.6 is 11.8 Å². The Kier molecular flexibility index (Phi) is 4.94. The van der Waals surface area contributed by atoms with E-state index in [9.17, 15) is 8.42 Å². The molecule has 108 valence electrons. The summed E-state index contributed by atoms with van der Waals surface area (Å²) in [6.45, 7) is 1.77. The Labute approximate surface area is 117 Å². The lowest BCUT2D eigenvalue weighted by Crippen LogP contribution is -2.31. The van der Waals surface area contributed by atoms with Crippen LogP contribution in [0.3, 0.4) is 0 Å². The average molecular weight is 305 g/mol. The van der Waals surface area contributed by atoms with Gasteiger partial charge in [0.05, 0.1) is 0 Å². The van der Waals surface area contributed by atoms with Gasteiger partial charge in [-0.05, 0) is 37.2 Å². The summed E-state index contributed by atoms with van der Waals surface area (Å²) in [6, 6.07) is 1.38. The van der Waals surface area contributed by atoms with Gasteiger partial charge in [0.1, 0.15) is 23.0 Å². The van der Waals surface area contributed by atoms with E-state index >= 15 is 0 Å². The first-order valence-corrected chi connectivity index (χ1v) is 8.94. The summed E-state index contributed by atoms with van der Waals surface area (Å²) in [5.41, 5.74) is 0. The second-order valence-corrected chi connectivity index (χ2v) is 7.66. The minimum absolute atomic E-state index is 0.127. The number of aryl methyl sites for hydroxylation is 1. The largest absolute Gasteiger partial charge is 0.462 e. The lowest BCUT2D eigenvalue weighted by atomic mass is 10.0. The molecule has 2 N–H and O–H groups in total. The van der Waals surface area contributed by atoms with Crippen LogP contribution in [-0.4, -0.2) is 31.6 Å². The van der Waals surface area contributed by atoms with Crippen molar-refractivity contribution < 1.29 is 17.9 Å². The number of furan rings is 1. The summed E-state index contributed by atoms with van der Waals surface area (Å²) in [7, 11) is -3.54. The number of aliphatic hydroxyl groups excluding tert-OH is 1. The van der Waals surface area contributed by atoms with Crippen molar-refractivity contribution >= 4 is 21.8 Å². The van der Waals surface area contributed by atoms with Gasteiger partial charge in [0.25, 0.3) is 0 Å². The van der Waals surface area contributed by atoms with Crippen molar-refractivity contribution in [2.24, 2.45) is 5.92 Å². The third-order valence-corrected chi connectivity index (χ3v) is 5.85. The van der Waals surface area contributed by atoms with Gasteiger partial charge in [-0.15, -0.1) is 0 Å². The van der Waals surface area contributed by atoms with E-state index in [1.54, 1.807) is 6.92 Å². The number of rotatable bonds is 5. The molecule has 2 rings (SSSR count). The van der Waals surface area contributed by atoms with Crippen molar-refractivity contribution in [3.63, 3.8) is 0 Å². The van der Waals surface area contributed by atoms with Gasteiger partial charge < -0.3 is 9.52 Å². The first-order valence-electron chi connectivity index (χ1n) is 6.30. The summed E-state index contributed by atoms with van der Waals surface area (Å²) in [5, 5.41) is 8.96. The van der Waals surface area contributed by atoms with E-state index in [4.69, 9.17) is 9.52 Å². The molecule has 0 unspecified atom stereocenters. The van der Waals surface area contributed by atoms with Crippen molar-refractivity contribution in [2.75, 3.05) is 18.1 Å². The smallest absolute Gasteiger partial charge is 0.244 e. The Bertz CT molecular complexity index is 518. The van der Waals surface area contributed by atoms with E-state index in [0.717, 1.165) is 24.3 Å². The Morgan fingerprint density at radius 2 is 2.16 bits per heavy atom. The zero-order valence-electron chi connectivity index (χ0n) is 10.9. The van der Waals surface area contributed by atoms with E-state index in [-0.39, 0.29) is 17.3 Å². The van der Waals surface area contributed by atoms with Gasteiger partial charge in [0.15, 0.2) is 0 Å². The van der Waals surface area contributed by atoms with E-state index in [1.165, 1.54) is 6.07 Å². The van der Waals surface area contributed by atoms with Crippen LogP contribution in [0.4, 0.5) is 0 Å². The molecule has 7 heteroatoms. The molecule has 0 radical (unpaired) electrons. The van der Waals surface area contributed by atoms with Crippen LogP contribution < -0.4 is 4.72 Å². The Balaban J connectivity index is 2.02. The lowest BCUT2D eigenvalue weighted by Gasteiger charge is -2.21. The molecule has 0 saturated carbocycles. The molecule has 0 aliphatic carbocycles. The maximum Gasteiger partial charge on any atom is 0.244 e. The monoisotopic (exact) mass is 305 g/mol. The standard InChI is InChI=1S/C12H19NO4S2/c1-9-12(6-11(8-14)17-9)19(15,16)13-7-10-2-4-18-5-3-10/h6,10,13-14H,2-5,7-8H2,1H3. The molecule has 1 aliphatic heterocycles. The van der Waals surface area contributed by atoms with Crippen LogP contribution in [0.1, 0.15) is 24.4 Å². The maximum atomic E-state index is 12.2. The second kappa shape index (κ2) is 6.30. The molecule has 1 aromatic heterocycles. The minimum atomic E-state index is -3.54. The predicted molar refractivity (Wildman–Crippen MR) is 74.6 cm³/mol. The molecule has 19 heavy (non-hydrogen) atoms. The highest BCUT2D eigenvalue weighted by atomic mass is 32.2. The highest BCUT2D eigenvalue weighted by Gasteiger charge is 2.23. The Morgan fingerprint density at radius 3 is 2.74 bits per heavy atom. The average Bonchev–Trinajstić information content (AvgIpc) is 2.80. The molecule has 0 spiro atoms. The molecule has 1 aliphatic rings. The third-order valence-electron chi connectivity index (χ3n) is 3.27. The topological polar surface area (TPSA) is 79.5 Å². The molecule has 5 nitrogen and oxygen atoms in total. The van der Waals surface area contributed by atoms with E-state index in [0.29, 0.717) is 18.2 Å². The molecule has 0 amide bonds. The summed E-state index contributed by atoms with van der Waals surface area (Å²) in [6.07, 6.45) is 2.11. The van der Waals surface area contributed by atoms with Gasteiger partial charge in [0, 0.05) is 12.6 Å². The van der Waals surface area contributed by atoms with Crippen LogP contribution in [0.2, 0.25) is 0 Å². The fourth-order valence-electron chi connectivity index (χ4n) is 2.12. The lowest BCUT2D eigenvalue weighted by molar-refractivity contribution is 0.244. The fraction of sp³-hybridized carbons (Fsp3) is 0.667. The van der Waals surface area contributed by atoms with Gasteiger partial charge in [0.2, 0.25) is 10.0 Å². The molecule has 0 bridgehead atoms. The van der Waals surface area contributed by atoms with Crippen LogP contribution in [0.5, 0.6) is 0 Å². The Morgan fingerprint density at radius 1 is 1.47 bits per heavy atom. The number of thioether (sulfide) groups is 1. The van der Waals surface area contributed by atoms with E-state index in [1.807, 2.05) is 11.8 Å². The number of hydrogen-bond acceptors (Lipinski definition) is 5. The third kappa shape index (κ3) is 3.75. The van der Waals surface area contributed by atoms with Crippen molar-refractivity contribution in [1.29, 1.82) is 0 Å². The number of aliphatic hydroxyl groups is 1. The van der Waals surface area contributed by atoms with Crippen LogP contribution in [0.15, 0.2) is 15.4 Å². The molecular weight excluding hydrogens is 286 g/mol. The van der Waals surface area contributed by atoms with Gasteiger partial charge in [-0.2, -0.15) is 11.8 Å². The maximum absolute atomic E-state index is 12.2. The minimum Gasteiger partial charge on any atom is -0.462 e. The zero-order chi connectivity index (χ0) is 13.9. The summed E-state index contributed by atoms with van der Waals surface area (Å²) in [5.74, 6) is 3.21. The molecular formula is C12H19NO4S2. The first kappa shape index (κ1) is 14.9. The van der Waals surface area contributed by atoms with E-state index < -0.39 is 10.0 Å². The van der Waals surface area contributed by atoms with E-state index in [2.05, 4.69) is 4.72 Å².